The van der Waals surface area contributed by atoms with Gasteiger partial charge in [0.1, 0.15) is 0 Å². The zero-order chi connectivity index (χ0) is 14.5. The third-order valence-electron chi connectivity index (χ3n) is 2.49. The molecule has 4 N–H and O–H groups in total. The normalized spacial score (nSPS) is 9.85. The van der Waals surface area contributed by atoms with E-state index in [9.17, 15) is 9.59 Å². The minimum absolute atomic E-state index is 0.211. The van der Waals surface area contributed by atoms with E-state index in [0.717, 1.165) is 3.57 Å². The van der Waals surface area contributed by atoms with E-state index in [-0.39, 0.29) is 5.91 Å². The van der Waals surface area contributed by atoms with Gasteiger partial charge in [0.05, 0.1) is 0 Å². The average molecular weight is 381 g/mol. The van der Waals surface area contributed by atoms with E-state index in [0.29, 0.717) is 16.9 Å². The summed E-state index contributed by atoms with van der Waals surface area (Å²) in [5.41, 5.74) is 6.72. The third kappa shape index (κ3) is 3.95. The Bertz CT molecular complexity index is 641. The van der Waals surface area contributed by atoms with Crippen molar-refractivity contribution in [2.45, 2.75) is 0 Å². The second-order valence-electron chi connectivity index (χ2n) is 4.03. The molecule has 0 unspecified atom stereocenters. The molecule has 0 aliphatic carbocycles. The maximum absolute atomic E-state index is 12.0. The molecule has 0 radical (unpaired) electrons. The molecule has 0 fully saturated rings. The van der Waals surface area contributed by atoms with Crippen LogP contribution in [0.1, 0.15) is 10.4 Å². The Kier molecular flexibility index (Phi) is 4.57. The molecule has 0 spiro atoms. The number of nitrogens with two attached hydrogens (primary N) is 1. The van der Waals surface area contributed by atoms with Crippen molar-refractivity contribution in [2.75, 3.05) is 10.6 Å². The topological polar surface area (TPSA) is 84.2 Å². The highest BCUT2D eigenvalue weighted by Gasteiger charge is 2.06. The summed E-state index contributed by atoms with van der Waals surface area (Å²) in [5.74, 6) is -0.211. The first-order valence-corrected chi connectivity index (χ1v) is 6.86. The molecule has 0 atom stereocenters. The number of anilines is 2. The maximum Gasteiger partial charge on any atom is 0.316 e. The minimum Gasteiger partial charge on any atom is -0.351 e. The van der Waals surface area contributed by atoms with Gasteiger partial charge in [-0.2, -0.15) is 0 Å². The standard InChI is InChI=1S/C14H12IN3O2/c15-10-6-4-9(5-7-10)13(19)17-11-2-1-3-12(8-11)18-14(16)20/h1-8H,(H,17,19)(H3,16,18,20). The van der Waals surface area contributed by atoms with Crippen molar-refractivity contribution in [3.63, 3.8) is 0 Å². The van der Waals surface area contributed by atoms with Crippen molar-refractivity contribution in [2.24, 2.45) is 5.73 Å². The Labute approximate surface area is 129 Å². The zero-order valence-electron chi connectivity index (χ0n) is 10.4. The molecule has 3 amide bonds. The van der Waals surface area contributed by atoms with E-state index in [1.165, 1.54) is 0 Å². The lowest BCUT2D eigenvalue weighted by molar-refractivity contribution is 0.102. The fraction of sp³-hybridized carbons (Fsp3) is 0. The van der Waals surface area contributed by atoms with Crippen LogP contribution in [0, 0.1) is 3.57 Å². The van der Waals surface area contributed by atoms with E-state index in [2.05, 4.69) is 33.2 Å². The summed E-state index contributed by atoms with van der Waals surface area (Å²) in [6.45, 7) is 0. The number of urea groups is 1. The Morgan fingerprint density at radius 1 is 0.950 bits per heavy atom. The molecule has 5 nitrogen and oxygen atoms in total. The molecule has 2 aromatic rings. The molecule has 0 aliphatic rings. The zero-order valence-corrected chi connectivity index (χ0v) is 12.5. The molecule has 2 rings (SSSR count). The predicted molar refractivity (Wildman–Crippen MR) is 86.8 cm³/mol. The molecule has 2 aromatic carbocycles. The third-order valence-corrected chi connectivity index (χ3v) is 3.21. The van der Waals surface area contributed by atoms with Crippen molar-refractivity contribution < 1.29 is 9.59 Å². The summed E-state index contributed by atoms with van der Waals surface area (Å²) in [6, 6.07) is 13.4. The van der Waals surface area contributed by atoms with Gasteiger partial charge in [0, 0.05) is 20.5 Å². The molecule has 0 saturated heterocycles. The van der Waals surface area contributed by atoms with Crippen LogP contribution in [-0.4, -0.2) is 11.9 Å². The molecule has 0 saturated carbocycles. The van der Waals surface area contributed by atoms with Gasteiger partial charge in [-0.3, -0.25) is 4.79 Å². The molecule has 102 valence electrons. The van der Waals surface area contributed by atoms with Crippen LogP contribution in [0.15, 0.2) is 48.5 Å². The van der Waals surface area contributed by atoms with Crippen LogP contribution >= 0.6 is 22.6 Å². The summed E-state index contributed by atoms with van der Waals surface area (Å²) in [4.78, 5) is 22.8. The summed E-state index contributed by atoms with van der Waals surface area (Å²) < 4.78 is 1.06. The molecule has 20 heavy (non-hydrogen) atoms. The average Bonchev–Trinajstić information content (AvgIpc) is 2.39. The molecule has 0 aromatic heterocycles. The Balaban J connectivity index is 2.11. The lowest BCUT2D eigenvalue weighted by Gasteiger charge is -2.07. The molecular formula is C14H12IN3O2. The van der Waals surface area contributed by atoms with Gasteiger partial charge < -0.3 is 16.4 Å². The first-order valence-electron chi connectivity index (χ1n) is 5.78. The van der Waals surface area contributed by atoms with Crippen molar-refractivity contribution in [3.8, 4) is 0 Å². The van der Waals surface area contributed by atoms with Gasteiger partial charge in [0.15, 0.2) is 0 Å². The fourth-order valence-corrected chi connectivity index (χ4v) is 1.98. The molecule has 6 heteroatoms. The molecular weight excluding hydrogens is 369 g/mol. The quantitative estimate of drug-likeness (QED) is 0.715. The fourth-order valence-electron chi connectivity index (χ4n) is 1.62. The molecule has 0 heterocycles. The van der Waals surface area contributed by atoms with Gasteiger partial charge in [-0.1, -0.05) is 6.07 Å². The lowest BCUT2D eigenvalue weighted by atomic mass is 10.2. The molecule has 0 bridgehead atoms. The number of benzene rings is 2. The number of amides is 3. The van der Waals surface area contributed by atoms with Gasteiger partial charge >= 0.3 is 6.03 Å². The van der Waals surface area contributed by atoms with Crippen molar-refractivity contribution in [3.05, 3.63) is 57.7 Å². The van der Waals surface area contributed by atoms with E-state index in [4.69, 9.17) is 5.73 Å². The number of hydrogen-bond donors (Lipinski definition) is 3. The van der Waals surface area contributed by atoms with Crippen LogP contribution in [0.25, 0.3) is 0 Å². The first kappa shape index (κ1) is 14.3. The highest BCUT2D eigenvalue weighted by atomic mass is 127. The number of carbonyl (C=O) groups is 2. The number of rotatable bonds is 3. The Morgan fingerprint density at radius 2 is 1.55 bits per heavy atom. The second kappa shape index (κ2) is 6.38. The van der Waals surface area contributed by atoms with Crippen LogP contribution in [0.3, 0.4) is 0 Å². The number of nitrogens with one attached hydrogen (secondary N) is 2. The number of primary amides is 1. The van der Waals surface area contributed by atoms with E-state index >= 15 is 0 Å². The Hall–Kier alpha value is -2.09. The lowest BCUT2D eigenvalue weighted by Crippen LogP contribution is -2.19. The summed E-state index contributed by atoms with van der Waals surface area (Å²) in [7, 11) is 0. The van der Waals surface area contributed by atoms with E-state index in [1.54, 1.807) is 36.4 Å². The van der Waals surface area contributed by atoms with Gasteiger partial charge in [-0.05, 0) is 65.1 Å². The van der Waals surface area contributed by atoms with Gasteiger partial charge in [0.25, 0.3) is 5.91 Å². The highest BCUT2D eigenvalue weighted by Crippen LogP contribution is 2.16. The first-order chi connectivity index (χ1) is 9.54. The molecule has 0 aliphatic heterocycles. The van der Waals surface area contributed by atoms with E-state index < -0.39 is 6.03 Å². The van der Waals surface area contributed by atoms with Crippen molar-refractivity contribution >= 4 is 45.9 Å². The van der Waals surface area contributed by atoms with Crippen LogP contribution < -0.4 is 16.4 Å². The largest absolute Gasteiger partial charge is 0.351 e. The van der Waals surface area contributed by atoms with Crippen molar-refractivity contribution in [1.29, 1.82) is 0 Å². The van der Waals surface area contributed by atoms with Crippen LogP contribution in [0.4, 0.5) is 16.2 Å². The van der Waals surface area contributed by atoms with Gasteiger partial charge in [-0.25, -0.2) is 4.79 Å². The van der Waals surface area contributed by atoms with Gasteiger partial charge in [0.2, 0.25) is 0 Å². The van der Waals surface area contributed by atoms with Crippen LogP contribution in [-0.2, 0) is 0 Å². The number of halogens is 1. The SMILES string of the molecule is NC(=O)Nc1cccc(NC(=O)c2ccc(I)cc2)c1. The summed E-state index contributed by atoms with van der Waals surface area (Å²) in [6.07, 6.45) is 0. The number of carbonyl (C=O) groups excluding carboxylic acids is 2. The van der Waals surface area contributed by atoms with Gasteiger partial charge in [-0.15, -0.1) is 0 Å². The highest BCUT2D eigenvalue weighted by molar-refractivity contribution is 14.1. The minimum atomic E-state index is -0.647. The van der Waals surface area contributed by atoms with Crippen LogP contribution in [0.5, 0.6) is 0 Å². The smallest absolute Gasteiger partial charge is 0.316 e. The Morgan fingerprint density at radius 3 is 2.15 bits per heavy atom. The monoisotopic (exact) mass is 381 g/mol. The summed E-state index contributed by atoms with van der Waals surface area (Å²) >= 11 is 2.18. The van der Waals surface area contributed by atoms with Crippen molar-refractivity contribution in [1.82, 2.24) is 0 Å². The maximum atomic E-state index is 12.0. The summed E-state index contributed by atoms with van der Waals surface area (Å²) in [5, 5.41) is 5.21. The predicted octanol–water partition coefficient (Wildman–Crippen LogP) is 3.03. The number of hydrogen-bond acceptors (Lipinski definition) is 2. The van der Waals surface area contributed by atoms with Crippen LogP contribution in [0.2, 0.25) is 0 Å². The van der Waals surface area contributed by atoms with E-state index in [1.807, 2.05) is 12.1 Å². The second-order valence-corrected chi connectivity index (χ2v) is 5.28.